The smallest absolute Gasteiger partial charge is 0.221 e. The van der Waals surface area contributed by atoms with Crippen molar-refractivity contribution in [1.29, 1.82) is 0 Å². The Labute approximate surface area is 184 Å². The molecule has 0 bridgehead atoms. The van der Waals surface area contributed by atoms with Crippen LogP contribution in [0, 0.1) is 27.7 Å². The van der Waals surface area contributed by atoms with Crippen LogP contribution in [-0.2, 0) is 11.4 Å². The molecule has 3 aromatic rings. The molecular formula is C24H31N5O2. The van der Waals surface area contributed by atoms with Gasteiger partial charge < -0.3 is 9.75 Å². The molecule has 5 N–H and O–H groups in total. The van der Waals surface area contributed by atoms with E-state index in [1.54, 1.807) is 10.4 Å². The molecule has 0 unspecified atom stereocenters. The number of carbonyl (C=O) groups is 1. The predicted octanol–water partition coefficient (Wildman–Crippen LogP) is 3.48. The van der Waals surface area contributed by atoms with Crippen molar-refractivity contribution in [2.45, 2.75) is 34.3 Å². The van der Waals surface area contributed by atoms with Gasteiger partial charge in [0.15, 0.2) is 0 Å². The van der Waals surface area contributed by atoms with Gasteiger partial charge in [-0.1, -0.05) is 42.0 Å². The van der Waals surface area contributed by atoms with E-state index < -0.39 is 0 Å². The highest BCUT2D eigenvalue weighted by Crippen LogP contribution is 2.29. The zero-order valence-corrected chi connectivity index (χ0v) is 18.8. The number of nitrogens with one attached hydrogen (secondary N) is 1. The molecule has 0 saturated heterocycles. The van der Waals surface area contributed by atoms with E-state index in [1.165, 1.54) is 11.1 Å². The van der Waals surface area contributed by atoms with E-state index in [0.29, 0.717) is 18.9 Å². The summed E-state index contributed by atoms with van der Waals surface area (Å²) in [6.45, 7) is 8.65. The van der Waals surface area contributed by atoms with E-state index in [9.17, 15) is 0 Å². The first kappa shape index (κ1) is 23.9. The van der Waals surface area contributed by atoms with Gasteiger partial charge in [0.05, 0.1) is 5.69 Å². The van der Waals surface area contributed by atoms with Crippen molar-refractivity contribution >= 4 is 12.1 Å². The van der Waals surface area contributed by atoms with Gasteiger partial charge in [0.2, 0.25) is 12.3 Å². The van der Waals surface area contributed by atoms with Crippen molar-refractivity contribution in [3.8, 4) is 17.0 Å². The third-order valence-corrected chi connectivity index (χ3v) is 4.91. The lowest BCUT2D eigenvalue weighted by molar-refractivity contribution is -0.109. The minimum absolute atomic E-state index is 0.403. The second-order valence-electron chi connectivity index (χ2n) is 7.37. The quantitative estimate of drug-likeness (QED) is 0.243. The van der Waals surface area contributed by atoms with E-state index in [0.717, 1.165) is 33.6 Å². The van der Waals surface area contributed by atoms with E-state index in [1.807, 2.05) is 33.0 Å². The van der Waals surface area contributed by atoms with Crippen LogP contribution >= 0.6 is 0 Å². The Hall–Kier alpha value is -3.42. The zero-order chi connectivity index (χ0) is 23.0. The summed E-state index contributed by atoms with van der Waals surface area (Å²) in [6, 6.07) is 16.7. The lowest BCUT2D eigenvalue weighted by Gasteiger charge is -2.20. The van der Waals surface area contributed by atoms with Crippen molar-refractivity contribution in [2.75, 3.05) is 12.1 Å². The summed E-state index contributed by atoms with van der Waals surface area (Å²) in [5, 5.41) is 1.62. The molecule has 1 aromatic heterocycles. The van der Waals surface area contributed by atoms with E-state index >= 15 is 0 Å². The summed E-state index contributed by atoms with van der Waals surface area (Å²) >= 11 is 0. The minimum atomic E-state index is 0.403. The first-order chi connectivity index (χ1) is 14.8. The third kappa shape index (κ3) is 6.28. The summed E-state index contributed by atoms with van der Waals surface area (Å²) in [7, 11) is 1.84. The van der Waals surface area contributed by atoms with Gasteiger partial charge in [0.25, 0.3) is 0 Å². The molecule has 0 spiro atoms. The second-order valence-corrected chi connectivity index (χ2v) is 7.37. The number of pyridine rings is 1. The standard InChI is InChI=1S/C23H27N3O.CH4N2O/c1-15-9-11-19(12-10-15)20-13-17(3)23(25-18(20)4)27-14-21-16(2)7-6-8-22(21)26(5)24;2-3-1-4/h6-13H,14,24H2,1-5H3;1H,2H2,(H,3,4). The molecule has 1 heterocycles. The van der Waals surface area contributed by atoms with E-state index in [-0.39, 0.29) is 0 Å². The fourth-order valence-corrected chi connectivity index (χ4v) is 3.20. The van der Waals surface area contributed by atoms with Crippen molar-refractivity contribution in [1.82, 2.24) is 10.4 Å². The maximum Gasteiger partial charge on any atom is 0.221 e. The number of hydrazine groups is 2. The monoisotopic (exact) mass is 421 g/mol. The van der Waals surface area contributed by atoms with Gasteiger partial charge >= 0.3 is 0 Å². The fraction of sp³-hybridized carbons (Fsp3) is 0.250. The van der Waals surface area contributed by atoms with Crippen molar-refractivity contribution in [3.63, 3.8) is 0 Å². The second kappa shape index (κ2) is 11.1. The zero-order valence-electron chi connectivity index (χ0n) is 18.8. The largest absolute Gasteiger partial charge is 0.473 e. The lowest BCUT2D eigenvalue weighted by Crippen LogP contribution is -2.26. The SMILES string of the molecule is Cc1ccc(-c2cc(C)c(OCc3c(C)cccc3N(C)N)nc2C)cc1.NNC=O. The number of ether oxygens (including phenoxy) is 1. The number of aromatic nitrogens is 1. The number of hydrogen-bond donors (Lipinski definition) is 3. The highest BCUT2D eigenvalue weighted by atomic mass is 16.5. The topological polar surface area (TPSA) is 106 Å². The van der Waals surface area contributed by atoms with Crippen LogP contribution in [0.3, 0.4) is 0 Å². The molecule has 0 aliphatic rings. The molecule has 0 radical (unpaired) electrons. The molecule has 0 aliphatic heterocycles. The highest BCUT2D eigenvalue weighted by Gasteiger charge is 2.12. The van der Waals surface area contributed by atoms with Gasteiger partial charge in [0.1, 0.15) is 6.61 Å². The van der Waals surface area contributed by atoms with Crippen molar-refractivity contribution < 1.29 is 9.53 Å². The van der Waals surface area contributed by atoms with Crippen LogP contribution in [0.5, 0.6) is 5.88 Å². The summed E-state index contributed by atoms with van der Waals surface area (Å²) in [5.41, 5.74) is 10.5. The molecule has 7 heteroatoms. The summed E-state index contributed by atoms with van der Waals surface area (Å²) in [6.07, 6.45) is 0.403. The number of anilines is 1. The molecule has 164 valence electrons. The van der Waals surface area contributed by atoms with Crippen LogP contribution in [0.2, 0.25) is 0 Å². The van der Waals surface area contributed by atoms with Crippen LogP contribution < -0.4 is 26.9 Å². The van der Waals surface area contributed by atoms with Gasteiger partial charge in [-0.2, -0.15) is 0 Å². The Morgan fingerprint density at radius 1 is 1.06 bits per heavy atom. The van der Waals surface area contributed by atoms with E-state index in [4.69, 9.17) is 20.4 Å². The summed E-state index contributed by atoms with van der Waals surface area (Å²) in [5.74, 6) is 11.0. The Morgan fingerprint density at radius 3 is 2.29 bits per heavy atom. The van der Waals surface area contributed by atoms with Crippen molar-refractivity contribution in [2.24, 2.45) is 11.7 Å². The molecule has 0 aliphatic carbocycles. The number of carbonyl (C=O) groups excluding carboxylic acids is 1. The number of aryl methyl sites for hydroxylation is 4. The Balaban J connectivity index is 0.000000785. The van der Waals surface area contributed by atoms with Crippen LogP contribution in [0.4, 0.5) is 5.69 Å². The van der Waals surface area contributed by atoms with Crippen LogP contribution in [0.15, 0.2) is 48.5 Å². The fourth-order valence-electron chi connectivity index (χ4n) is 3.20. The average molecular weight is 422 g/mol. The maximum absolute atomic E-state index is 8.94. The molecule has 0 fully saturated rings. The van der Waals surface area contributed by atoms with Gasteiger partial charge in [-0.25, -0.2) is 16.7 Å². The number of nitrogens with zero attached hydrogens (tertiary/aromatic N) is 2. The predicted molar refractivity (Wildman–Crippen MR) is 125 cm³/mol. The Kier molecular flexibility index (Phi) is 8.54. The van der Waals surface area contributed by atoms with Crippen LogP contribution in [-0.4, -0.2) is 18.4 Å². The normalized spacial score (nSPS) is 10.0. The summed E-state index contributed by atoms with van der Waals surface area (Å²) < 4.78 is 6.09. The van der Waals surface area contributed by atoms with Crippen LogP contribution in [0.1, 0.15) is 27.9 Å². The molecule has 1 amide bonds. The average Bonchev–Trinajstić information content (AvgIpc) is 2.75. The lowest BCUT2D eigenvalue weighted by atomic mass is 10.0. The number of nitrogens with two attached hydrogens (primary N) is 2. The van der Waals surface area contributed by atoms with Gasteiger partial charge in [-0.05, 0) is 51.0 Å². The molecule has 2 aromatic carbocycles. The first-order valence-electron chi connectivity index (χ1n) is 9.93. The minimum Gasteiger partial charge on any atom is -0.473 e. The highest BCUT2D eigenvalue weighted by molar-refractivity contribution is 5.67. The number of benzene rings is 2. The summed E-state index contributed by atoms with van der Waals surface area (Å²) in [4.78, 5) is 13.7. The van der Waals surface area contributed by atoms with Crippen LogP contribution in [0.25, 0.3) is 11.1 Å². The Morgan fingerprint density at radius 2 is 1.71 bits per heavy atom. The molecular weight excluding hydrogens is 390 g/mol. The maximum atomic E-state index is 8.94. The Bertz CT molecular complexity index is 1020. The van der Waals surface area contributed by atoms with Gasteiger partial charge in [-0.3, -0.25) is 10.2 Å². The molecule has 0 atom stereocenters. The van der Waals surface area contributed by atoms with E-state index in [2.05, 4.69) is 56.1 Å². The number of rotatable bonds is 6. The number of hydrogen-bond acceptors (Lipinski definition) is 6. The van der Waals surface area contributed by atoms with Gasteiger partial charge in [-0.15, -0.1) is 0 Å². The first-order valence-corrected chi connectivity index (χ1v) is 9.93. The van der Waals surface area contributed by atoms with Gasteiger partial charge in [0, 0.05) is 29.4 Å². The third-order valence-electron chi connectivity index (χ3n) is 4.91. The molecule has 0 saturated carbocycles. The molecule has 3 rings (SSSR count). The number of amides is 1. The van der Waals surface area contributed by atoms with Crippen molar-refractivity contribution in [3.05, 3.63) is 76.5 Å². The molecule has 7 nitrogen and oxygen atoms in total. The molecule has 31 heavy (non-hydrogen) atoms.